The van der Waals surface area contributed by atoms with Crippen LogP contribution in [-0.4, -0.2) is 6.54 Å². The van der Waals surface area contributed by atoms with Gasteiger partial charge < -0.3 is 5.32 Å². The molecule has 1 aromatic rings. The molecule has 0 radical (unpaired) electrons. The van der Waals surface area contributed by atoms with Crippen LogP contribution in [0.4, 0.5) is 5.69 Å². The third-order valence-electron chi connectivity index (χ3n) is 1.74. The fourth-order valence-electron chi connectivity index (χ4n) is 1.08. The average molecular weight is 286 g/mol. The second-order valence-electron chi connectivity index (χ2n) is 2.79. The van der Waals surface area contributed by atoms with Gasteiger partial charge in [-0.2, -0.15) is 5.26 Å². The van der Waals surface area contributed by atoms with Gasteiger partial charge in [-0.1, -0.05) is 0 Å². The molecule has 0 bridgehead atoms. The molecule has 0 aliphatic heterocycles. The second kappa shape index (κ2) is 5.07. The topological polar surface area (TPSA) is 35.8 Å². The summed E-state index contributed by atoms with van der Waals surface area (Å²) >= 11 is 2.29. The molecule has 3 heteroatoms. The number of nitrogens with zero attached hydrogens (tertiary/aromatic N) is 1. The first-order chi connectivity index (χ1) is 6.24. The van der Waals surface area contributed by atoms with Crippen LogP contribution in [0.3, 0.4) is 0 Å². The van der Waals surface area contributed by atoms with E-state index in [-0.39, 0.29) is 0 Å². The molecule has 0 aliphatic rings. The lowest BCUT2D eigenvalue weighted by molar-refractivity contribution is 1.07. The van der Waals surface area contributed by atoms with Crippen LogP contribution in [-0.2, 0) is 0 Å². The SMILES string of the molecule is Cc1cc(I)ccc1NCCC#N. The van der Waals surface area contributed by atoms with E-state index >= 15 is 0 Å². The zero-order valence-corrected chi connectivity index (χ0v) is 9.63. The summed E-state index contributed by atoms with van der Waals surface area (Å²) in [4.78, 5) is 0. The quantitative estimate of drug-likeness (QED) is 0.685. The molecular formula is C10H11IN2. The Kier molecular flexibility index (Phi) is 4.03. The van der Waals surface area contributed by atoms with Crippen molar-refractivity contribution in [3.8, 4) is 6.07 Å². The van der Waals surface area contributed by atoms with Crippen molar-refractivity contribution in [1.29, 1.82) is 5.26 Å². The molecule has 0 fully saturated rings. The molecule has 0 atom stereocenters. The summed E-state index contributed by atoms with van der Waals surface area (Å²) in [6, 6.07) is 8.33. The lowest BCUT2D eigenvalue weighted by atomic mass is 10.2. The van der Waals surface area contributed by atoms with Crippen molar-refractivity contribution in [2.75, 3.05) is 11.9 Å². The summed E-state index contributed by atoms with van der Waals surface area (Å²) < 4.78 is 1.24. The molecular weight excluding hydrogens is 275 g/mol. The van der Waals surface area contributed by atoms with Crippen molar-refractivity contribution >= 4 is 28.3 Å². The fraction of sp³-hybridized carbons (Fsp3) is 0.300. The summed E-state index contributed by atoms with van der Waals surface area (Å²) in [6.07, 6.45) is 0.547. The highest BCUT2D eigenvalue weighted by Crippen LogP contribution is 2.17. The van der Waals surface area contributed by atoms with E-state index in [9.17, 15) is 0 Å². The second-order valence-corrected chi connectivity index (χ2v) is 4.04. The van der Waals surface area contributed by atoms with E-state index in [4.69, 9.17) is 5.26 Å². The Balaban J connectivity index is 2.62. The minimum Gasteiger partial charge on any atom is -0.384 e. The number of hydrogen-bond donors (Lipinski definition) is 1. The van der Waals surface area contributed by atoms with Crippen molar-refractivity contribution in [2.24, 2.45) is 0 Å². The molecule has 1 rings (SSSR count). The molecule has 13 heavy (non-hydrogen) atoms. The van der Waals surface area contributed by atoms with E-state index in [1.807, 2.05) is 0 Å². The Morgan fingerprint density at radius 1 is 1.54 bits per heavy atom. The molecule has 1 N–H and O–H groups in total. The van der Waals surface area contributed by atoms with E-state index in [2.05, 4.69) is 59.1 Å². The molecule has 0 aliphatic carbocycles. The number of anilines is 1. The monoisotopic (exact) mass is 286 g/mol. The highest BCUT2D eigenvalue weighted by molar-refractivity contribution is 14.1. The molecule has 2 nitrogen and oxygen atoms in total. The number of halogens is 1. The summed E-state index contributed by atoms with van der Waals surface area (Å²) in [6.45, 7) is 2.79. The van der Waals surface area contributed by atoms with E-state index in [0.717, 1.165) is 12.2 Å². The first-order valence-electron chi connectivity index (χ1n) is 4.11. The van der Waals surface area contributed by atoms with Gasteiger partial charge in [0.2, 0.25) is 0 Å². The first kappa shape index (κ1) is 10.3. The lowest BCUT2D eigenvalue weighted by Gasteiger charge is -2.07. The van der Waals surface area contributed by atoms with E-state index in [1.165, 1.54) is 9.13 Å². The van der Waals surface area contributed by atoms with E-state index < -0.39 is 0 Å². The van der Waals surface area contributed by atoms with Crippen molar-refractivity contribution in [2.45, 2.75) is 13.3 Å². The van der Waals surface area contributed by atoms with Gasteiger partial charge >= 0.3 is 0 Å². The molecule has 0 spiro atoms. The Hall–Kier alpha value is -0.760. The summed E-state index contributed by atoms with van der Waals surface area (Å²) in [5, 5.41) is 11.6. The van der Waals surface area contributed by atoms with Crippen LogP contribution in [0.1, 0.15) is 12.0 Å². The Labute approximate surface area is 92.1 Å². The number of nitriles is 1. The Morgan fingerprint density at radius 2 is 2.31 bits per heavy atom. The summed E-state index contributed by atoms with van der Waals surface area (Å²) in [7, 11) is 0. The van der Waals surface area contributed by atoms with Gasteiger partial charge in [0.05, 0.1) is 12.5 Å². The lowest BCUT2D eigenvalue weighted by Crippen LogP contribution is -2.01. The number of aryl methyl sites for hydroxylation is 1. The van der Waals surface area contributed by atoms with Gasteiger partial charge in [0, 0.05) is 15.8 Å². The molecule has 0 unspecified atom stereocenters. The van der Waals surface area contributed by atoms with Crippen LogP contribution in [0, 0.1) is 21.8 Å². The van der Waals surface area contributed by atoms with Crippen LogP contribution < -0.4 is 5.32 Å². The summed E-state index contributed by atoms with van der Waals surface area (Å²) in [5.41, 5.74) is 2.35. The van der Waals surface area contributed by atoms with Crippen LogP contribution in [0.5, 0.6) is 0 Å². The van der Waals surface area contributed by atoms with Gasteiger partial charge in [-0.15, -0.1) is 0 Å². The maximum Gasteiger partial charge on any atom is 0.0640 e. The van der Waals surface area contributed by atoms with Gasteiger partial charge in [-0.25, -0.2) is 0 Å². The van der Waals surface area contributed by atoms with Crippen LogP contribution in [0.2, 0.25) is 0 Å². The van der Waals surface area contributed by atoms with Crippen molar-refractivity contribution < 1.29 is 0 Å². The van der Waals surface area contributed by atoms with E-state index in [0.29, 0.717) is 6.42 Å². The zero-order chi connectivity index (χ0) is 9.68. The van der Waals surface area contributed by atoms with Crippen LogP contribution in [0.15, 0.2) is 18.2 Å². The third kappa shape index (κ3) is 3.23. The van der Waals surface area contributed by atoms with Gasteiger partial charge in [0.15, 0.2) is 0 Å². The zero-order valence-electron chi connectivity index (χ0n) is 7.47. The van der Waals surface area contributed by atoms with Crippen molar-refractivity contribution in [3.05, 3.63) is 27.3 Å². The summed E-state index contributed by atoms with van der Waals surface area (Å²) in [5.74, 6) is 0. The third-order valence-corrected chi connectivity index (χ3v) is 2.41. The normalized spacial score (nSPS) is 9.31. The van der Waals surface area contributed by atoms with Crippen molar-refractivity contribution in [3.63, 3.8) is 0 Å². The van der Waals surface area contributed by atoms with Gasteiger partial charge in [0.1, 0.15) is 0 Å². The van der Waals surface area contributed by atoms with Crippen LogP contribution in [0.25, 0.3) is 0 Å². The average Bonchev–Trinajstić information content (AvgIpc) is 2.09. The van der Waals surface area contributed by atoms with Gasteiger partial charge in [-0.3, -0.25) is 0 Å². The molecule has 1 aromatic carbocycles. The molecule has 68 valence electrons. The number of nitrogens with one attached hydrogen (secondary N) is 1. The number of benzene rings is 1. The smallest absolute Gasteiger partial charge is 0.0640 e. The molecule has 0 heterocycles. The minimum atomic E-state index is 0.547. The standard InChI is InChI=1S/C10H11IN2/c1-8-7-9(11)3-4-10(8)13-6-2-5-12/h3-4,7,13H,2,6H2,1H3. The van der Waals surface area contributed by atoms with Gasteiger partial charge in [-0.05, 0) is 53.3 Å². The van der Waals surface area contributed by atoms with Crippen molar-refractivity contribution in [1.82, 2.24) is 0 Å². The minimum absolute atomic E-state index is 0.547. The maximum atomic E-state index is 8.37. The molecule has 0 amide bonds. The number of hydrogen-bond acceptors (Lipinski definition) is 2. The predicted octanol–water partition coefficient (Wildman–Crippen LogP) is 2.93. The van der Waals surface area contributed by atoms with Crippen LogP contribution >= 0.6 is 22.6 Å². The highest BCUT2D eigenvalue weighted by Gasteiger charge is 1.96. The van der Waals surface area contributed by atoms with Gasteiger partial charge in [0.25, 0.3) is 0 Å². The fourth-order valence-corrected chi connectivity index (χ4v) is 1.73. The first-order valence-corrected chi connectivity index (χ1v) is 5.19. The number of rotatable bonds is 3. The maximum absolute atomic E-state index is 8.37. The molecule has 0 saturated carbocycles. The molecule has 0 saturated heterocycles. The molecule has 0 aromatic heterocycles. The van der Waals surface area contributed by atoms with E-state index in [1.54, 1.807) is 0 Å². The Bertz CT molecular complexity index is 328. The predicted molar refractivity (Wildman–Crippen MR) is 62.6 cm³/mol. The Morgan fingerprint density at radius 3 is 2.92 bits per heavy atom. The largest absolute Gasteiger partial charge is 0.384 e. The highest BCUT2D eigenvalue weighted by atomic mass is 127.